The molecule has 4 atom stereocenters. The molecule has 0 spiro atoms. The van der Waals surface area contributed by atoms with E-state index in [4.69, 9.17) is 18.9 Å². The molecule has 0 radical (unpaired) electrons. The Bertz CT molecular complexity index is 938. The molecule has 180 valence electrons. The molecule has 1 fully saturated rings. The van der Waals surface area contributed by atoms with Crippen molar-refractivity contribution < 1.29 is 18.9 Å². The summed E-state index contributed by atoms with van der Waals surface area (Å²) >= 11 is 0. The fourth-order valence-electron chi connectivity index (χ4n) is 4.33. The normalized spacial score (nSPS) is 22.5. The Morgan fingerprint density at radius 1 is 0.706 bits per heavy atom. The quantitative estimate of drug-likeness (QED) is 0.427. The van der Waals surface area contributed by atoms with Crippen molar-refractivity contribution in [3.8, 4) is 0 Å². The van der Waals surface area contributed by atoms with E-state index in [1.165, 1.54) is 0 Å². The van der Waals surface area contributed by atoms with Gasteiger partial charge in [-0.2, -0.15) is 0 Å². The third-order valence-electron chi connectivity index (χ3n) is 6.11. The van der Waals surface area contributed by atoms with E-state index in [2.05, 4.69) is 41.7 Å². The lowest BCUT2D eigenvalue weighted by Crippen LogP contribution is -2.56. The first-order chi connectivity index (χ1) is 16.8. The molecule has 0 amide bonds. The summed E-state index contributed by atoms with van der Waals surface area (Å²) in [7, 11) is 1.96. The highest BCUT2D eigenvalue weighted by Gasteiger charge is 2.42. The van der Waals surface area contributed by atoms with Crippen LogP contribution in [0.15, 0.2) is 91.0 Å². The second kappa shape index (κ2) is 13.4. The van der Waals surface area contributed by atoms with E-state index >= 15 is 0 Å². The predicted molar refractivity (Wildman–Crippen MR) is 133 cm³/mol. The standard InChI is InChI=1S/C29H35NO4/c1-30-17-26-21-32-27(22-31-18-23-11-5-2-6-12-23)29(34-20-25-15-9-4-10-16-25)28(26)33-19-24-13-7-3-8-14-24/h2-16,26-30H,17-22H2,1H3/t26-,27-,28-,29+/m1/s1. The molecule has 0 bridgehead atoms. The van der Waals surface area contributed by atoms with E-state index in [9.17, 15) is 0 Å². The number of rotatable bonds is 12. The van der Waals surface area contributed by atoms with Crippen LogP contribution in [0.2, 0.25) is 0 Å². The minimum absolute atomic E-state index is 0.115. The third-order valence-corrected chi connectivity index (χ3v) is 6.11. The van der Waals surface area contributed by atoms with Gasteiger partial charge in [0.2, 0.25) is 0 Å². The Kier molecular flexibility index (Phi) is 9.67. The molecular formula is C29H35NO4. The topological polar surface area (TPSA) is 49.0 Å². The first kappa shape index (κ1) is 24.6. The molecule has 1 heterocycles. The zero-order chi connectivity index (χ0) is 23.4. The van der Waals surface area contributed by atoms with Gasteiger partial charge in [0.15, 0.2) is 0 Å². The van der Waals surface area contributed by atoms with Crippen LogP contribution in [0.25, 0.3) is 0 Å². The first-order valence-corrected chi connectivity index (χ1v) is 12.0. The van der Waals surface area contributed by atoms with Crippen LogP contribution in [0, 0.1) is 5.92 Å². The summed E-state index contributed by atoms with van der Waals surface area (Å²) in [6, 6.07) is 30.7. The van der Waals surface area contributed by atoms with Gasteiger partial charge in [0.1, 0.15) is 12.2 Å². The predicted octanol–water partition coefficient (Wildman–Crippen LogP) is 4.61. The highest BCUT2D eigenvalue weighted by atomic mass is 16.6. The summed E-state index contributed by atoms with van der Waals surface area (Å²) in [6.07, 6.45) is -0.566. The maximum atomic E-state index is 6.53. The van der Waals surface area contributed by atoms with Crippen molar-refractivity contribution in [1.29, 1.82) is 0 Å². The molecule has 0 unspecified atom stereocenters. The lowest BCUT2D eigenvalue weighted by atomic mass is 9.91. The minimum atomic E-state index is -0.244. The molecule has 5 heteroatoms. The molecule has 5 nitrogen and oxygen atoms in total. The average molecular weight is 462 g/mol. The zero-order valence-corrected chi connectivity index (χ0v) is 19.8. The van der Waals surface area contributed by atoms with Crippen molar-refractivity contribution in [2.45, 2.75) is 38.1 Å². The Hall–Kier alpha value is -2.54. The molecule has 3 aromatic carbocycles. The van der Waals surface area contributed by atoms with E-state index in [0.717, 1.165) is 23.2 Å². The van der Waals surface area contributed by atoms with Crippen molar-refractivity contribution in [1.82, 2.24) is 5.32 Å². The molecule has 34 heavy (non-hydrogen) atoms. The Balaban J connectivity index is 1.47. The lowest BCUT2D eigenvalue weighted by molar-refractivity contribution is -0.218. The van der Waals surface area contributed by atoms with Gasteiger partial charge in [-0.25, -0.2) is 0 Å². The summed E-state index contributed by atoms with van der Waals surface area (Å²) in [6.45, 7) is 3.43. The fourth-order valence-corrected chi connectivity index (χ4v) is 4.33. The average Bonchev–Trinajstić information content (AvgIpc) is 2.89. The number of benzene rings is 3. The molecule has 3 aromatic rings. The third kappa shape index (κ3) is 7.23. The van der Waals surface area contributed by atoms with Crippen LogP contribution in [-0.2, 0) is 38.8 Å². The maximum absolute atomic E-state index is 6.53. The molecular weight excluding hydrogens is 426 g/mol. The number of ether oxygens (including phenoxy) is 4. The van der Waals surface area contributed by atoms with Crippen LogP contribution in [0.1, 0.15) is 16.7 Å². The van der Waals surface area contributed by atoms with E-state index in [1.54, 1.807) is 0 Å². The van der Waals surface area contributed by atoms with E-state index in [0.29, 0.717) is 33.0 Å². The SMILES string of the molecule is CNC[C@@H]1CO[C@H](COCc2ccccc2)[C@H](OCc2ccccc2)[C@@H]1OCc1ccccc1. The molecule has 1 N–H and O–H groups in total. The second-order valence-electron chi connectivity index (χ2n) is 8.71. The van der Waals surface area contributed by atoms with E-state index in [1.807, 2.05) is 61.6 Å². The molecule has 1 aliphatic rings. The van der Waals surface area contributed by atoms with Gasteiger partial charge in [-0.1, -0.05) is 91.0 Å². The van der Waals surface area contributed by atoms with Crippen molar-refractivity contribution in [3.63, 3.8) is 0 Å². The van der Waals surface area contributed by atoms with E-state index in [-0.39, 0.29) is 24.2 Å². The Morgan fingerprint density at radius 3 is 1.74 bits per heavy atom. The highest BCUT2D eigenvalue weighted by molar-refractivity contribution is 5.15. The largest absolute Gasteiger partial charge is 0.374 e. The monoisotopic (exact) mass is 461 g/mol. The van der Waals surface area contributed by atoms with Crippen molar-refractivity contribution in [2.24, 2.45) is 5.92 Å². The highest BCUT2D eigenvalue weighted by Crippen LogP contribution is 2.28. The van der Waals surface area contributed by atoms with Crippen LogP contribution in [0.5, 0.6) is 0 Å². The van der Waals surface area contributed by atoms with E-state index < -0.39 is 0 Å². The van der Waals surface area contributed by atoms with Gasteiger partial charge < -0.3 is 24.3 Å². The van der Waals surface area contributed by atoms with Gasteiger partial charge >= 0.3 is 0 Å². The maximum Gasteiger partial charge on any atom is 0.113 e. The van der Waals surface area contributed by atoms with Crippen molar-refractivity contribution >= 4 is 0 Å². The molecule has 0 aliphatic carbocycles. The lowest BCUT2D eigenvalue weighted by Gasteiger charge is -2.42. The van der Waals surface area contributed by atoms with Crippen LogP contribution < -0.4 is 5.32 Å². The molecule has 0 aromatic heterocycles. The van der Waals surface area contributed by atoms with Gasteiger partial charge in [-0.3, -0.25) is 0 Å². The summed E-state index contributed by atoms with van der Waals surface area (Å²) in [5.74, 6) is 0.180. The Labute approximate surface area is 203 Å². The zero-order valence-electron chi connectivity index (χ0n) is 19.8. The number of nitrogens with one attached hydrogen (secondary N) is 1. The van der Waals surface area contributed by atoms with Gasteiger partial charge in [0.25, 0.3) is 0 Å². The van der Waals surface area contributed by atoms with Crippen LogP contribution >= 0.6 is 0 Å². The summed E-state index contributed by atoms with van der Waals surface area (Å²) in [5.41, 5.74) is 3.42. The van der Waals surface area contributed by atoms with Crippen LogP contribution in [-0.4, -0.2) is 45.1 Å². The smallest absolute Gasteiger partial charge is 0.113 e. The molecule has 1 aliphatic heterocycles. The first-order valence-electron chi connectivity index (χ1n) is 12.0. The van der Waals surface area contributed by atoms with Gasteiger partial charge in [0.05, 0.1) is 39.1 Å². The van der Waals surface area contributed by atoms with Crippen LogP contribution in [0.4, 0.5) is 0 Å². The summed E-state index contributed by atoms with van der Waals surface area (Å²) < 4.78 is 25.4. The molecule has 4 rings (SSSR count). The van der Waals surface area contributed by atoms with Crippen molar-refractivity contribution in [2.75, 3.05) is 26.8 Å². The Morgan fingerprint density at radius 2 is 1.21 bits per heavy atom. The van der Waals surface area contributed by atoms with Crippen LogP contribution in [0.3, 0.4) is 0 Å². The number of hydrogen-bond acceptors (Lipinski definition) is 5. The van der Waals surface area contributed by atoms with Gasteiger partial charge in [-0.15, -0.1) is 0 Å². The molecule has 1 saturated heterocycles. The van der Waals surface area contributed by atoms with Crippen molar-refractivity contribution in [3.05, 3.63) is 108 Å². The summed E-state index contributed by atoms with van der Waals surface area (Å²) in [4.78, 5) is 0. The fraction of sp³-hybridized carbons (Fsp3) is 0.379. The second-order valence-corrected chi connectivity index (χ2v) is 8.71. The summed E-state index contributed by atoms with van der Waals surface area (Å²) in [5, 5.41) is 3.29. The van der Waals surface area contributed by atoms with Gasteiger partial charge in [-0.05, 0) is 23.7 Å². The minimum Gasteiger partial charge on any atom is -0.374 e. The van der Waals surface area contributed by atoms with Gasteiger partial charge in [0, 0.05) is 12.5 Å². The molecule has 0 saturated carbocycles. The number of hydrogen-bond donors (Lipinski definition) is 1.